The zero-order valence-corrected chi connectivity index (χ0v) is 21.6. The van der Waals surface area contributed by atoms with Gasteiger partial charge in [0, 0.05) is 33.3 Å². The molecule has 0 atom stereocenters. The molecule has 0 aliphatic rings. The molecule has 0 spiro atoms. The largest absolute Gasteiger partial charge is 0.452 e. The molecule has 3 aromatic carbocycles. The molecule has 7 rings (SSSR count). The average molecular weight is 536 g/mol. The average Bonchev–Trinajstić information content (AvgIpc) is 3.69. The number of halogens is 1. The van der Waals surface area contributed by atoms with Gasteiger partial charge in [-0.15, -0.1) is 5.10 Å². The van der Waals surface area contributed by atoms with Crippen molar-refractivity contribution in [2.75, 3.05) is 0 Å². The molecule has 0 bridgehead atoms. The minimum atomic E-state index is -0.243. The Bertz CT molecular complexity index is 2070. The summed E-state index contributed by atoms with van der Waals surface area (Å²) >= 11 is 7.40. The molecule has 184 valence electrons. The summed E-state index contributed by atoms with van der Waals surface area (Å²) in [6.07, 6.45) is 3.75. The molecule has 0 saturated heterocycles. The highest BCUT2D eigenvalue weighted by Gasteiger charge is 2.19. The van der Waals surface area contributed by atoms with Gasteiger partial charge in [-0.05, 0) is 43.3 Å². The van der Waals surface area contributed by atoms with E-state index in [0.717, 1.165) is 39.0 Å². The number of benzene rings is 3. The van der Waals surface area contributed by atoms with Gasteiger partial charge < -0.3 is 4.42 Å². The topological polar surface area (TPSA) is 78.2 Å². The van der Waals surface area contributed by atoms with Crippen LogP contribution in [-0.2, 0) is 0 Å². The fraction of sp³-hybridized carbons (Fsp3) is 0.0345. The van der Waals surface area contributed by atoms with Crippen molar-refractivity contribution in [2.45, 2.75) is 6.92 Å². The van der Waals surface area contributed by atoms with E-state index in [-0.39, 0.29) is 5.56 Å². The number of hydrogen-bond donors (Lipinski definition) is 0. The van der Waals surface area contributed by atoms with Gasteiger partial charge in [0.25, 0.3) is 5.56 Å². The fourth-order valence-corrected chi connectivity index (χ4v) is 5.52. The summed E-state index contributed by atoms with van der Waals surface area (Å²) in [4.78, 5) is 18.5. The first-order valence-electron chi connectivity index (χ1n) is 11.9. The molecule has 0 aliphatic carbocycles. The van der Waals surface area contributed by atoms with Crippen LogP contribution in [0.1, 0.15) is 11.1 Å². The number of rotatable bonds is 4. The Morgan fingerprint density at radius 1 is 0.947 bits per heavy atom. The number of hydrogen-bond acceptors (Lipinski definition) is 6. The minimum absolute atomic E-state index is 0.243. The smallest absolute Gasteiger partial charge is 0.291 e. The molecule has 0 amide bonds. The van der Waals surface area contributed by atoms with Gasteiger partial charge in [-0.3, -0.25) is 4.79 Å². The van der Waals surface area contributed by atoms with E-state index in [2.05, 4.69) is 10.1 Å². The lowest BCUT2D eigenvalue weighted by molar-refractivity contribution is 0.622. The second-order valence-corrected chi connectivity index (χ2v) is 10.3. The number of thiazole rings is 1. The Hall–Kier alpha value is -4.53. The maximum atomic E-state index is 13.4. The first-order valence-corrected chi connectivity index (χ1v) is 13.1. The van der Waals surface area contributed by atoms with Gasteiger partial charge in [-0.1, -0.05) is 71.5 Å². The molecular weight excluding hydrogens is 518 g/mol. The summed E-state index contributed by atoms with van der Waals surface area (Å²) in [5.41, 5.74) is 4.81. The predicted molar refractivity (Wildman–Crippen MR) is 150 cm³/mol. The number of aryl methyl sites for hydroxylation is 1. The van der Waals surface area contributed by atoms with E-state index >= 15 is 0 Å². The standard InChI is InChI=1S/C29H18ClN5O2S/c1-17-22-9-5-6-10-23(22)37-26(17)27-31-29-35(33-27)28(36)24(38-29)15-19-16-34(21-7-3-2-4-8-21)32-25(19)18-11-13-20(30)14-12-18/h2-16H,1H3/b24-15-. The number of para-hydroxylation sites is 2. The van der Waals surface area contributed by atoms with Crippen LogP contribution in [0.2, 0.25) is 5.02 Å². The molecule has 38 heavy (non-hydrogen) atoms. The van der Waals surface area contributed by atoms with Crippen molar-refractivity contribution >= 4 is 44.9 Å². The molecule has 0 aliphatic heterocycles. The van der Waals surface area contributed by atoms with E-state index in [1.165, 1.54) is 15.9 Å². The van der Waals surface area contributed by atoms with Crippen molar-refractivity contribution in [3.63, 3.8) is 0 Å². The van der Waals surface area contributed by atoms with Crippen LogP contribution in [0.5, 0.6) is 0 Å². The summed E-state index contributed by atoms with van der Waals surface area (Å²) in [5.74, 6) is 0.966. The summed E-state index contributed by atoms with van der Waals surface area (Å²) < 4.78 is 9.65. The summed E-state index contributed by atoms with van der Waals surface area (Å²) in [6, 6.07) is 25.1. The van der Waals surface area contributed by atoms with Gasteiger partial charge in [0.2, 0.25) is 10.8 Å². The van der Waals surface area contributed by atoms with E-state index in [4.69, 9.17) is 21.1 Å². The Kier molecular flexibility index (Phi) is 5.24. The van der Waals surface area contributed by atoms with Gasteiger partial charge in [-0.2, -0.15) is 14.6 Å². The van der Waals surface area contributed by atoms with Crippen molar-refractivity contribution in [2.24, 2.45) is 0 Å². The lowest BCUT2D eigenvalue weighted by atomic mass is 10.1. The summed E-state index contributed by atoms with van der Waals surface area (Å²) in [5, 5.41) is 11.0. The molecule has 4 aromatic heterocycles. The maximum Gasteiger partial charge on any atom is 0.291 e. The second kappa shape index (κ2) is 8.79. The highest BCUT2D eigenvalue weighted by Crippen LogP contribution is 2.31. The van der Waals surface area contributed by atoms with E-state index < -0.39 is 0 Å². The minimum Gasteiger partial charge on any atom is -0.452 e. The van der Waals surface area contributed by atoms with Crippen LogP contribution in [0, 0.1) is 6.92 Å². The third kappa shape index (κ3) is 3.73. The zero-order valence-electron chi connectivity index (χ0n) is 20.0. The normalized spacial score (nSPS) is 12.2. The first kappa shape index (κ1) is 22.7. The molecular formula is C29H18ClN5O2S. The Morgan fingerprint density at radius 3 is 2.47 bits per heavy atom. The van der Waals surface area contributed by atoms with Crippen LogP contribution < -0.4 is 10.1 Å². The third-order valence-corrected chi connectivity index (χ3v) is 7.61. The molecule has 7 aromatic rings. The van der Waals surface area contributed by atoms with Gasteiger partial charge in [0.15, 0.2) is 5.76 Å². The zero-order chi connectivity index (χ0) is 25.8. The highest BCUT2D eigenvalue weighted by atomic mass is 35.5. The van der Waals surface area contributed by atoms with Gasteiger partial charge >= 0.3 is 0 Å². The molecule has 0 fully saturated rings. The molecule has 7 nitrogen and oxygen atoms in total. The number of fused-ring (bicyclic) bond motifs is 2. The van der Waals surface area contributed by atoms with E-state index in [1.807, 2.05) is 98.1 Å². The number of aromatic nitrogens is 5. The summed E-state index contributed by atoms with van der Waals surface area (Å²) in [6.45, 7) is 1.97. The van der Waals surface area contributed by atoms with E-state index in [1.54, 1.807) is 4.68 Å². The first-order chi connectivity index (χ1) is 18.5. The quantitative estimate of drug-likeness (QED) is 0.279. The van der Waals surface area contributed by atoms with Crippen molar-refractivity contribution in [1.82, 2.24) is 24.4 Å². The molecule has 4 heterocycles. The molecule has 0 radical (unpaired) electrons. The lowest BCUT2D eigenvalue weighted by Gasteiger charge is -2.00. The van der Waals surface area contributed by atoms with Gasteiger partial charge in [0.05, 0.1) is 10.2 Å². The second-order valence-electron chi connectivity index (χ2n) is 8.82. The van der Waals surface area contributed by atoms with Crippen LogP contribution in [0.25, 0.3) is 50.5 Å². The summed E-state index contributed by atoms with van der Waals surface area (Å²) in [7, 11) is 0. The molecule has 9 heteroatoms. The van der Waals surface area contributed by atoms with Gasteiger partial charge in [-0.25, -0.2) is 4.68 Å². The third-order valence-electron chi connectivity index (χ3n) is 6.40. The molecule has 0 N–H and O–H groups in total. The SMILES string of the molecule is Cc1c(-c2nc3s/c(=C\c4cn(-c5ccccc5)nc4-c4ccc(Cl)cc4)c(=O)n3n2)oc2ccccc12. The molecule has 0 unspecified atom stereocenters. The number of nitrogens with zero attached hydrogens (tertiary/aromatic N) is 5. The maximum absolute atomic E-state index is 13.4. The number of furan rings is 1. The van der Waals surface area contributed by atoms with Crippen molar-refractivity contribution in [3.8, 4) is 28.5 Å². The van der Waals surface area contributed by atoms with Crippen molar-refractivity contribution in [1.29, 1.82) is 0 Å². The van der Waals surface area contributed by atoms with E-state index in [9.17, 15) is 4.79 Å². The van der Waals surface area contributed by atoms with E-state index in [0.29, 0.717) is 26.1 Å². The van der Waals surface area contributed by atoms with Crippen LogP contribution >= 0.6 is 22.9 Å². The highest BCUT2D eigenvalue weighted by molar-refractivity contribution is 7.15. The van der Waals surface area contributed by atoms with Gasteiger partial charge in [0.1, 0.15) is 11.3 Å². The van der Waals surface area contributed by atoms with Crippen LogP contribution in [0.15, 0.2) is 94.3 Å². The van der Waals surface area contributed by atoms with Crippen LogP contribution in [0.4, 0.5) is 0 Å². The van der Waals surface area contributed by atoms with Crippen molar-refractivity contribution in [3.05, 3.63) is 116 Å². The predicted octanol–water partition coefficient (Wildman–Crippen LogP) is 5.93. The Labute approximate surface area is 224 Å². The fourth-order valence-electron chi connectivity index (χ4n) is 4.50. The monoisotopic (exact) mass is 535 g/mol. The van der Waals surface area contributed by atoms with Crippen LogP contribution in [0.3, 0.4) is 0 Å². The molecule has 0 saturated carbocycles. The lowest BCUT2D eigenvalue weighted by Crippen LogP contribution is -2.23. The van der Waals surface area contributed by atoms with Crippen molar-refractivity contribution < 1.29 is 4.42 Å². The Balaban J connectivity index is 1.36. The Morgan fingerprint density at radius 2 is 1.71 bits per heavy atom. The van der Waals surface area contributed by atoms with Crippen LogP contribution in [-0.4, -0.2) is 24.4 Å².